The highest BCUT2D eigenvalue weighted by atomic mass is 14.5. The van der Waals surface area contributed by atoms with E-state index < -0.39 is 0 Å². The first kappa shape index (κ1) is 23.8. The second kappa shape index (κ2) is 12.2. The van der Waals surface area contributed by atoms with Crippen molar-refractivity contribution in [3.63, 3.8) is 0 Å². The van der Waals surface area contributed by atoms with Crippen molar-refractivity contribution >= 4 is 0 Å². The molecule has 0 heterocycles. The Morgan fingerprint density at radius 3 is 2.43 bits per heavy atom. The fourth-order valence-corrected chi connectivity index (χ4v) is 5.99. The highest BCUT2D eigenvalue weighted by Gasteiger charge is 2.47. The van der Waals surface area contributed by atoms with Crippen LogP contribution in [-0.4, -0.2) is 0 Å². The second-order valence-corrected chi connectivity index (χ2v) is 10.4. The normalized spacial score (nSPS) is 27.4. The van der Waals surface area contributed by atoms with Crippen LogP contribution in [0.1, 0.15) is 119 Å². The summed E-state index contributed by atoms with van der Waals surface area (Å²) in [5.74, 6) is 5.30. The van der Waals surface area contributed by atoms with Gasteiger partial charge in [-0.3, -0.25) is 0 Å². The predicted octanol–water partition coefficient (Wildman–Crippen LogP) is 9.36. The summed E-state index contributed by atoms with van der Waals surface area (Å²) in [5.41, 5.74) is 3.51. The molecule has 5 unspecified atom stereocenters. The van der Waals surface area contributed by atoms with Crippen molar-refractivity contribution in [3.8, 4) is 0 Å². The summed E-state index contributed by atoms with van der Waals surface area (Å²) in [6.45, 7) is 14.5. The molecule has 0 bridgehead atoms. The quantitative estimate of drug-likeness (QED) is 0.328. The van der Waals surface area contributed by atoms with Crippen LogP contribution in [0.3, 0.4) is 0 Å². The van der Waals surface area contributed by atoms with Crippen LogP contribution in [0.2, 0.25) is 0 Å². The van der Waals surface area contributed by atoms with Crippen LogP contribution < -0.4 is 0 Å². The van der Waals surface area contributed by atoms with Gasteiger partial charge < -0.3 is 0 Å². The molecule has 1 fully saturated rings. The lowest BCUT2D eigenvalue weighted by Gasteiger charge is -2.33. The number of hydrogen-bond donors (Lipinski definition) is 0. The van der Waals surface area contributed by atoms with E-state index in [1.54, 1.807) is 5.57 Å². The molecule has 0 aromatic carbocycles. The molecular formula is C28H50. The van der Waals surface area contributed by atoms with Crippen molar-refractivity contribution in [3.05, 3.63) is 23.3 Å². The van der Waals surface area contributed by atoms with Crippen molar-refractivity contribution in [2.24, 2.45) is 35.5 Å². The van der Waals surface area contributed by atoms with Crippen LogP contribution in [0.15, 0.2) is 23.3 Å². The lowest BCUT2D eigenvalue weighted by Crippen LogP contribution is -2.25. The lowest BCUT2D eigenvalue weighted by molar-refractivity contribution is 0.200. The van der Waals surface area contributed by atoms with Gasteiger partial charge in [0.15, 0.2) is 0 Å². The molecule has 2 aliphatic rings. The van der Waals surface area contributed by atoms with Crippen LogP contribution in [0.5, 0.6) is 0 Å². The van der Waals surface area contributed by atoms with Crippen molar-refractivity contribution in [1.82, 2.24) is 0 Å². The van der Waals surface area contributed by atoms with Gasteiger partial charge in [-0.15, -0.1) is 0 Å². The Morgan fingerprint density at radius 2 is 1.75 bits per heavy atom. The zero-order chi connectivity index (χ0) is 20.5. The van der Waals surface area contributed by atoms with E-state index in [9.17, 15) is 0 Å². The molecule has 0 saturated heterocycles. The molecular weight excluding hydrogens is 336 g/mol. The third-order valence-corrected chi connectivity index (χ3v) is 7.93. The SMILES string of the molecule is CCC=C(C)C(C)C(CC)C(CCC(C)C)C1CC1C1=CCCCCCCC1. The summed E-state index contributed by atoms with van der Waals surface area (Å²) in [6, 6.07) is 0. The van der Waals surface area contributed by atoms with Crippen LogP contribution in [0.4, 0.5) is 0 Å². The molecule has 2 rings (SSSR count). The largest absolute Gasteiger partial charge is 0.0856 e. The second-order valence-electron chi connectivity index (χ2n) is 10.4. The summed E-state index contributed by atoms with van der Waals surface area (Å²) in [6.07, 6.45) is 22.0. The summed E-state index contributed by atoms with van der Waals surface area (Å²) in [4.78, 5) is 0. The summed E-state index contributed by atoms with van der Waals surface area (Å²) < 4.78 is 0. The van der Waals surface area contributed by atoms with Gasteiger partial charge in [-0.2, -0.15) is 0 Å². The minimum absolute atomic E-state index is 0.748. The average Bonchev–Trinajstić information content (AvgIpc) is 3.42. The molecule has 0 nitrogen and oxygen atoms in total. The van der Waals surface area contributed by atoms with E-state index in [0.29, 0.717) is 0 Å². The van der Waals surface area contributed by atoms with Gasteiger partial charge in [0.25, 0.3) is 0 Å². The molecule has 0 radical (unpaired) electrons. The molecule has 0 N–H and O–H groups in total. The smallest absolute Gasteiger partial charge is 0.0169 e. The Hall–Kier alpha value is -0.520. The Balaban J connectivity index is 2.12. The summed E-state index contributed by atoms with van der Waals surface area (Å²) in [7, 11) is 0. The van der Waals surface area contributed by atoms with Crippen molar-refractivity contribution in [2.75, 3.05) is 0 Å². The van der Waals surface area contributed by atoms with Gasteiger partial charge in [0.05, 0.1) is 0 Å². The standard InChI is InChI=1S/C28H50/c1-7-15-22(5)23(6)25(8-2)26(19-18-21(3)4)28-20-27(28)24-16-13-11-9-10-12-14-17-24/h15-16,21,23,25-28H,7-14,17-20H2,1-6H3. The molecule has 2 aliphatic carbocycles. The molecule has 0 heteroatoms. The maximum absolute atomic E-state index is 2.68. The Labute approximate surface area is 177 Å². The van der Waals surface area contributed by atoms with Gasteiger partial charge in [0.2, 0.25) is 0 Å². The molecule has 0 aromatic heterocycles. The number of hydrogen-bond acceptors (Lipinski definition) is 0. The molecule has 0 amide bonds. The van der Waals surface area contributed by atoms with E-state index in [1.165, 1.54) is 77.0 Å². The first-order valence-electron chi connectivity index (χ1n) is 12.8. The highest BCUT2D eigenvalue weighted by molar-refractivity contribution is 5.18. The predicted molar refractivity (Wildman–Crippen MR) is 127 cm³/mol. The molecule has 0 aliphatic heterocycles. The van der Waals surface area contributed by atoms with E-state index in [0.717, 1.165) is 35.5 Å². The topological polar surface area (TPSA) is 0 Å². The number of rotatable bonds is 10. The zero-order valence-corrected chi connectivity index (χ0v) is 20.1. The minimum atomic E-state index is 0.748. The van der Waals surface area contributed by atoms with Crippen molar-refractivity contribution in [1.29, 1.82) is 0 Å². The molecule has 5 atom stereocenters. The van der Waals surface area contributed by atoms with E-state index in [1.807, 2.05) is 5.57 Å². The molecule has 1 saturated carbocycles. The first-order valence-corrected chi connectivity index (χ1v) is 12.8. The summed E-state index contributed by atoms with van der Waals surface area (Å²) in [5, 5.41) is 0. The Kier molecular flexibility index (Phi) is 10.4. The monoisotopic (exact) mass is 386 g/mol. The van der Waals surface area contributed by atoms with Crippen LogP contribution in [-0.2, 0) is 0 Å². The molecule has 0 spiro atoms. The fourth-order valence-electron chi connectivity index (χ4n) is 5.99. The van der Waals surface area contributed by atoms with Gasteiger partial charge in [-0.05, 0) is 87.4 Å². The first-order chi connectivity index (χ1) is 13.5. The van der Waals surface area contributed by atoms with E-state index in [-0.39, 0.29) is 0 Å². The molecule has 28 heavy (non-hydrogen) atoms. The Bertz CT molecular complexity index is 494. The molecule has 0 aromatic rings. The highest BCUT2D eigenvalue weighted by Crippen LogP contribution is 2.55. The third kappa shape index (κ3) is 7.07. The maximum Gasteiger partial charge on any atom is -0.0169 e. The van der Waals surface area contributed by atoms with E-state index in [2.05, 4.69) is 53.7 Å². The fraction of sp³-hybridized carbons (Fsp3) is 0.857. The van der Waals surface area contributed by atoms with Crippen molar-refractivity contribution in [2.45, 2.75) is 119 Å². The van der Waals surface area contributed by atoms with Gasteiger partial charge in [-0.25, -0.2) is 0 Å². The maximum atomic E-state index is 2.68. The summed E-state index contributed by atoms with van der Waals surface area (Å²) >= 11 is 0. The minimum Gasteiger partial charge on any atom is -0.0856 e. The zero-order valence-electron chi connectivity index (χ0n) is 20.1. The van der Waals surface area contributed by atoms with Gasteiger partial charge in [-0.1, -0.05) is 90.0 Å². The third-order valence-electron chi connectivity index (χ3n) is 7.93. The van der Waals surface area contributed by atoms with Crippen LogP contribution >= 0.6 is 0 Å². The average molecular weight is 387 g/mol. The van der Waals surface area contributed by atoms with Gasteiger partial charge in [0, 0.05) is 0 Å². The van der Waals surface area contributed by atoms with E-state index >= 15 is 0 Å². The van der Waals surface area contributed by atoms with Gasteiger partial charge in [0.1, 0.15) is 0 Å². The van der Waals surface area contributed by atoms with Crippen LogP contribution in [0, 0.1) is 35.5 Å². The molecule has 162 valence electrons. The lowest BCUT2D eigenvalue weighted by atomic mass is 9.72. The van der Waals surface area contributed by atoms with Gasteiger partial charge >= 0.3 is 0 Å². The number of allylic oxidation sites excluding steroid dienone is 4. The van der Waals surface area contributed by atoms with Crippen LogP contribution in [0.25, 0.3) is 0 Å². The Morgan fingerprint density at radius 1 is 1.04 bits per heavy atom. The van der Waals surface area contributed by atoms with E-state index in [4.69, 9.17) is 0 Å². The van der Waals surface area contributed by atoms with Crippen molar-refractivity contribution < 1.29 is 0 Å².